The molecule has 0 amide bonds. The quantitative estimate of drug-likeness (QED) is 0.296. The molecule has 0 bridgehead atoms. The Balaban J connectivity index is 1.33. The third-order valence-corrected chi connectivity index (χ3v) is 5.81. The van der Waals surface area contributed by atoms with Crippen LogP contribution in [0.15, 0.2) is 103 Å². The molecular formula is C30H28O4. The van der Waals surface area contributed by atoms with Gasteiger partial charge in [-0.25, -0.2) is 0 Å². The van der Waals surface area contributed by atoms with Gasteiger partial charge in [-0.05, 0) is 16.7 Å². The third-order valence-electron chi connectivity index (χ3n) is 5.81. The molecule has 1 aliphatic heterocycles. The van der Waals surface area contributed by atoms with Crippen molar-refractivity contribution in [3.8, 4) is 17.2 Å². The van der Waals surface area contributed by atoms with Gasteiger partial charge >= 0.3 is 0 Å². The number of hydrogen-bond donors (Lipinski definition) is 0. The van der Waals surface area contributed by atoms with Crippen LogP contribution >= 0.6 is 0 Å². The number of rotatable bonds is 9. The van der Waals surface area contributed by atoms with Crippen molar-refractivity contribution in [1.29, 1.82) is 0 Å². The minimum atomic E-state index is -0.0390. The molecule has 1 unspecified atom stereocenters. The van der Waals surface area contributed by atoms with E-state index in [-0.39, 0.29) is 6.10 Å². The van der Waals surface area contributed by atoms with Crippen molar-refractivity contribution in [2.75, 3.05) is 6.61 Å². The molecule has 1 aliphatic rings. The highest BCUT2D eigenvalue weighted by molar-refractivity contribution is 5.52. The predicted molar refractivity (Wildman–Crippen MR) is 132 cm³/mol. The van der Waals surface area contributed by atoms with Crippen LogP contribution in [0.1, 0.15) is 22.3 Å². The van der Waals surface area contributed by atoms with Crippen LogP contribution in [0.4, 0.5) is 0 Å². The van der Waals surface area contributed by atoms with E-state index < -0.39 is 0 Å². The van der Waals surface area contributed by atoms with Crippen LogP contribution in [0.2, 0.25) is 0 Å². The lowest BCUT2D eigenvalue weighted by atomic mass is 10.0. The normalized spacial score (nSPS) is 14.6. The second-order valence-corrected chi connectivity index (χ2v) is 8.38. The van der Waals surface area contributed by atoms with Crippen LogP contribution in [-0.4, -0.2) is 12.7 Å². The molecule has 0 saturated carbocycles. The highest BCUT2D eigenvalue weighted by Gasteiger charge is 2.25. The van der Waals surface area contributed by atoms with E-state index in [1.54, 1.807) is 0 Å². The average molecular weight is 453 g/mol. The number of ether oxygens (including phenoxy) is 4. The van der Waals surface area contributed by atoms with Crippen molar-refractivity contribution < 1.29 is 18.9 Å². The lowest BCUT2D eigenvalue weighted by molar-refractivity contribution is 0.000188. The van der Waals surface area contributed by atoms with Gasteiger partial charge in [0.15, 0.2) is 0 Å². The molecule has 172 valence electrons. The Morgan fingerprint density at radius 1 is 0.647 bits per heavy atom. The maximum Gasteiger partial charge on any atom is 0.130 e. The molecular weight excluding hydrogens is 424 g/mol. The van der Waals surface area contributed by atoms with Crippen molar-refractivity contribution in [3.05, 3.63) is 125 Å². The van der Waals surface area contributed by atoms with E-state index in [0.717, 1.165) is 45.9 Å². The zero-order valence-electron chi connectivity index (χ0n) is 19.1. The van der Waals surface area contributed by atoms with Crippen LogP contribution in [0.3, 0.4) is 0 Å². The fraction of sp³-hybridized carbons (Fsp3) is 0.200. The highest BCUT2D eigenvalue weighted by atomic mass is 16.5. The second-order valence-electron chi connectivity index (χ2n) is 8.38. The fourth-order valence-corrected chi connectivity index (χ4v) is 3.98. The van der Waals surface area contributed by atoms with Gasteiger partial charge in [0.25, 0.3) is 0 Å². The standard InChI is InChI=1S/C30H28O4/c1-4-10-23(11-5-1)19-31-26-17-29(33-21-25-14-8-3-9-15-25)28-16-27(22-34-30(28)18-26)32-20-24-12-6-2-7-13-24/h1-15,17-18,27H,16,19-22H2. The summed E-state index contributed by atoms with van der Waals surface area (Å²) >= 11 is 0. The summed E-state index contributed by atoms with van der Waals surface area (Å²) in [4.78, 5) is 0. The molecule has 4 aromatic rings. The summed E-state index contributed by atoms with van der Waals surface area (Å²) in [5.74, 6) is 2.31. The van der Waals surface area contributed by atoms with Crippen LogP contribution in [0, 0.1) is 0 Å². The number of hydrogen-bond acceptors (Lipinski definition) is 4. The zero-order chi connectivity index (χ0) is 23.0. The van der Waals surface area contributed by atoms with Gasteiger partial charge in [-0.3, -0.25) is 0 Å². The van der Waals surface area contributed by atoms with E-state index in [9.17, 15) is 0 Å². The number of fused-ring (bicyclic) bond motifs is 1. The van der Waals surface area contributed by atoms with Crippen LogP contribution in [0.25, 0.3) is 0 Å². The molecule has 0 fully saturated rings. The third kappa shape index (κ3) is 5.77. The Bertz CT molecular complexity index is 1180. The highest BCUT2D eigenvalue weighted by Crippen LogP contribution is 2.39. The first-order chi connectivity index (χ1) is 16.8. The van der Waals surface area contributed by atoms with Gasteiger partial charge in [0.1, 0.15) is 37.1 Å². The molecule has 0 aromatic heterocycles. The van der Waals surface area contributed by atoms with Crippen molar-refractivity contribution in [1.82, 2.24) is 0 Å². The molecule has 0 aliphatic carbocycles. The molecule has 4 aromatic carbocycles. The predicted octanol–water partition coefficient (Wildman–Crippen LogP) is 6.36. The van der Waals surface area contributed by atoms with Gasteiger partial charge in [0.05, 0.1) is 12.7 Å². The van der Waals surface area contributed by atoms with Gasteiger partial charge in [0.2, 0.25) is 0 Å². The maximum absolute atomic E-state index is 6.28. The molecule has 0 radical (unpaired) electrons. The molecule has 0 N–H and O–H groups in total. The summed E-state index contributed by atoms with van der Waals surface area (Å²) in [7, 11) is 0. The van der Waals surface area contributed by atoms with Crippen LogP contribution in [0.5, 0.6) is 17.2 Å². The van der Waals surface area contributed by atoms with Crippen molar-refractivity contribution >= 4 is 0 Å². The lowest BCUT2D eigenvalue weighted by Crippen LogP contribution is -2.29. The summed E-state index contributed by atoms with van der Waals surface area (Å²) in [6.07, 6.45) is 0.688. The van der Waals surface area contributed by atoms with Crippen LogP contribution in [-0.2, 0) is 31.0 Å². The first-order valence-electron chi connectivity index (χ1n) is 11.6. The van der Waals surface area contributed by atoms with Gasteiger partial charge in [0, 0.05) is 24.1 Å². The Hall–Kier alpha value is -3.76. The van der Waals surface area contributed by atoms with E-state index in [0.29, 0.717) is 26.4 Å². The number of benzene rings is 4. The average Bonchev–Trinajstić information content (AvgIpc) is 2.91. The van der Waals surface area contributed by atoms with E-state index in [4.69, 9.17) is 18.9 Å². The van der Waals surface area contributed by atoms with Gasteiger partial charge in [-0.15, -0.1) is 0 Å². The smallest absolute Gasteiger partial charge is 0.130 e. The van der Waals surface area contributed by atoms with E-state index >= 15 is 0 Å². The molecule has 4 nitrogen and oxygen atoms in total. The summed E-state index contributed by atoms with van der Waals surface area (Å²) in [5.41, 5.74) is 4.40. The lowest BCUT2D eigenvalue weighted by Gasteiger charge is -2.28. The van der Waals surface area contributed by atoms with Crippen molar-refractivity contribution in [3.63, 3.8) is 0 Å². The van der Waals surface area contributed by atoms with Crippen molar-refractivity contribution in [2.45, 2.75) is 32.3 Å². The fourth-order valence-electron chi connectivity index (χ4n) is 3.98. The van der Waals surface area contributed by atoms with Crippen molar-refractivity contribution in [2.24, 2.45) is 0 Å². The Morgan fingerprint density at radius 2 is 1.21 bits per heavy atom. The summed E-state index contributed by atoms with van der Waals surface area (Å²) in [5, 5.41) is 0. The molecule has 4 heteroatoms. The first-order valence-corrected chi connectivity index (χ1v) is 11.6. The first kappa shape index (κ1) is 22.1. The van der Waals surface area contributed by atoms with Gasteiger partial charge < -0.3 is 18.9 Å². The summed E-state index contributed by atoms with van der Waals surface area (Å²) in [6.45, 7) is 2.02. The molecule has 0 spiro atoms. The molecule has 1 atom stereocenters. The van der Waals surface area contributed by atoms with Gasteiger partial charge in [-0.2, -0.15) is 0 Å². The Morgan fingerprint density at radius 3 is 1.82 bits per heavy atom. The molecule has 0 saturated heterocycles. The second kappa shape index (κ2) is 10.9. The SMILES string of the molecule is c1ccc(COc2cc(OCc3ccccc3)c3c(c2)OCC(OCc2ccccc2)C3)cc1. The van der Waals surface area contributed by atoms with Crippen LogP contribution < -0.4 is 14.2 Å². The van der Waals surface area contributed by atoms with E-state index in [1.807, 2.05) is 66.7 Å². The zero-order valence-corrected chi connectivity index (χ0v) is 19.1. The molecule has 1 heterocycles. The summed E-state index contributed by atoms with van der Waals surface area (Å²) < 4.78 is 24.7. The van der Waals surface area contributed by atoms with Gasteiger partial charge in [-0.1, -0.05) is 91.0 Å². The minimum Gasteiger partial charge on any atom is -0.490 e. The molecule has 5 rings (SSSR count). The Labute approximate surface area is 200 Å². The Kier molecular flexibility index (Phi) is 7.07. The molecule has 34 heavy (non-hydrogen) atoms. The largest absolute Gasteiger partial charge is 0.490 e. The topological polar surface area (TPSA) is 36.9 Å². The summed E-state index contributed by atoms with van der Waals surface area (Å²) in [6, 6.07) is 34.4. The van der Waals surface area contributed by atoms with E-state index in [2.05, 4.69) is 36.4 Å². The van der Waals surface area contributed by atoms with E-state index in [1.165, 1.54) is 0 Å². The maximum atomic E-state index is 6.28. The minimum absolute atomic E-state index is 0.0390. The monoisotopic (exact) mass is 452 g/mol.